The molecule has 0 radical (unpaired) electrons. The standard InChI is InChI=1S/C10H13NO3S.C3H8/c1-2-10(6-15-7-10)5-8(12)11-3-4-14-9(11)13;1-3-2/h2H,1,3-7H2;3H2,1-2H3. The molecule has 0 bridgehead atoms. The van der Waals surface area contributed by atoms with Crippen molar-refractivity contribution in [1.82, 2.24) is 4.90 Å². The van der Waals surface area contributed by atoms with E-state index in [9.17, 15) is 9.59 Å². The topological polar surface area (TPSA) is 46.6 Å². The highest BCUT2D eigenvalue weighted by atomic mass is 32.2. The van der Waals surface area contributed by atoms with Crippen LogP contribution in [0.4, 0.5) is 4.79 Å². The summed E-state index contributed by atoms with van der Waals surface area (Å²) in [5, 5.41) is 0. The molecule has 2 saturated heterocycles. The molecule has 0 spiro atoms. The monoisotopic (exact) mass is 271 g/mol. The molecule has 0 aromatic carbocycles. The third-order valence-corrected chi connectivity index (χ3v) is 4.34. The Labute approximate surface area is 113 Å². The van der Waals surface area contributed by atoms with Gasteiger partial charge in [0.25, 0.3) is 0 Å². The maximum Gasteiger partial charge on any atom is 0.416 e. The van der Waals surface area contributed by atoms with E-state index in [-0.39, 0.29) is 11.3 Å². The largest absolute Gasteiger partial charge is 0.447 e. The number of carbonyl (C=O) groups is 2. The molecule has 2 fully saturated rings. The normalized spacial score (nSPS) is 20.3. The second-order valence-corrected chi connectivity index (χ2v) is 5.59. The van der Waals surface area contributed by atoms with Crippen molar-refractivity contribution in [1.29, 1.82) is 0 Å². The molecule has 4 nitrogen and oxygen atoms in total. The highest BCUT2D eigenvalue weighted by Crippen LogP contribution is 2.42. The minimum Gasteiger partial charge on any atom is -0.447 e. The van der Waals surface area contributed by atoms with Gasteiger partial charge in [-0.3, -0.25) is 4.79 Å². The van der Waals surface area contributed by atoms with Crippen molar-refractivity contribution in [2.75, 3.05) is 24.7 Å². The van der Waals surface area contributed by atoms with Gasteiger partial charge in [-0.25, -0.2) is 9.69 Å². The van der Waals surface area contributed by atoms with Crippen molar-refractivity contribution in [3.63, 3.8) is 0 Å². The van der Waals surface area contributed by atoms with E-state index in [1.165, 1.54) is 11.3 Å². The molecule has 0 unspecified atom stereocenters. The van der Waals surface area contributed by atoms with Gasteiger partial charge < -0.3 is 4.74 Å². The molecule has 5 heteroatoms. The van der Waals surface area contributed by atoms with Crippen LogP contribution in [0.2, 0.25) is 0 Å². The molecule has 0 aliphatic carbocycles. The number of cyclic esters (lactones) is 1. The Morgan fingerprint density at radius 1 is 1.56 bits per heavy atom. The lowest BCUT2D eigenvalue weighted by atomic mass is 9.87. The molecule has 2 aliphatic heterocycles. The Morgan fingerprint density at radius 3 is 2.50 bits per heavy atom. The number of imide groups is 1. The second-order valence-electron chi connectivity index (χ2n) is 4.60. The van der Waals surface area contributed by atoms with Gasteiger partial charge in [0.05, 0.1) is 6.54 Å². The second kappa shape index (κ2) is 6.83. The Balaban J connectivity index is 0.000000492. The predicted octanol–water partition coefficient (Wildman–Crippen LogP) is 2.69. The third-order valence-electron chi connectivity index (χ3n) is 2.78. The quantitative estimate of drug-likeness (QED) is 0.740. The summed E-state index contributed by atoms with van der Waals surface area (Å²) in [6.45, 7) is 8.71. The fourth-order valence-electron chi connectivity index (χ4n) is 1.67. The zero-order valence-electron chi connectivity index (χ0n) is 11.1. The van der Waals surface area contributed by atoms with E-state index in [4.69, 9.17) is 4.74 Å². The maximum atomic E-state index is 11.8. The number of carbonyl (C=O) groups excluding carboxylic acids is 2. The van der Waals surface area contributed by atoms with Gasteiger partial charge in [0, 0.05) is 23.3 Å². The lowest BCUT2D eigenvalue weighted by Crippen LogP contribution is -2.41. The van der Waals surface area contributed by atoms with Crippen molar-refractivity contribution in [3.05, 3.63) is 12.7 Å². The summed E-state index contributed by atoms with van der Waals surface area (Å²) >= 11 is 1.80. The summed E-state index contributed by atoms with van der Waals surface area (Å²) in [5.41, 5.74) is -0.0926. The van der Waals surface area contributed by atoms with Crippen LogP contribution in [0, 0.1) is 5.41 Å². The highest BCUT2D eigenvalue weighted by molar-refractivity contribution is 8.00. The molecule has 2 aliphatic rings. The molecular formula is C13H21NO3S. The predicted molar refractivity (Wildman–Crippen MR) is 73.6 cm³/mol. The lowest BCUT2D eigenvalue weighted by molar-refractivity contribution is -0.129. The summed E-state index contributed by atoms with van der Waals surface area (Å²) in [6.07, 6.45) is 2.95. The summed E-state index contributed by atoms with van der Waals surface area (Å²) in [6, 6.07) is 0. The molecule has 18 heavy (non-hydrogen) atoms. The number of hydrogen-bond acceptors (Lipinski definition) is 4. The minimum atomic E-state index is -0.508. The number of hydrogen-bond donors (Lipinski definition) is 0. The smallest absolute Gasteiger partial charge is 0.416 e. The summed E-state index contributed by atoms with van der Waals surface area (Å²) < 4.78 is 4.72. The minimum absolute atomic E-state index is 0.0926. The van der Waals surface area contributed by atoms with Crippen LogP contribution in [0.25, 0.3) is 0 Å². The first-order valence-corrected chi connectivity index (χ1v) is 7.42. The van der Waals surface area contributed by atoms with E-state index < -0.39 is 6.09 Å². The van der Waals surface area contributed by atoms with Gasteiger partial charge in [-0.15, -0.1) is 6.58 Å². The van der Waals surface area contributed by atoms with Crippen LogP contribution in [-0.4, -0.2) is 41.6 Å². The number of ether oxygens (including phenoxy) is 1. The summed E-state index contributed by atoms with van der Waals surface area (Å²) in [4.78, 5) is 24.1. The fraction of sp³-hybridized carbons (Fsp3) is 0.692. The molecule has 2 rings (SSSR count). The summed E-state index contributed by atoms with van der Waals surface area (Å²) in [5.74, 6) is 1.70. The van der Waals surface area contributed by atoms with Crippen molar-refractivity contribution < 1.29 is 14.3 Å². The summed E-state index contributed by atoms with van der Waals surface area (Å²) in [7, 11) is 0. The van der Waals surface area contributed by atoms with E-state index in [0.717, 1.165) is 11.5 Å². The van der Waals surface area contributed by atoms with Gasteiger partial charge >= 0.3 is 6.09 Å². The van der Waals surface area contributed by atoms with Crippen LogP contribution in [-0.2, 0) is 9.53 Å². The molecule has 2 heterocycles. The number of thioether (sulfide) groups is 1. The molecule has 0 saturated carbocycles. The van der Waals surface area contributed by atoms with Crippen LogP contribution in [0.1, 0.15) is 26.7 Å². The van der Waals surface area contributed by atoms with Crippen molar-refractivity contribution in [2.24, 2.45) is 5.41 Å². The Bertz CT molecular complexity index is 326. The van der Waals surface area contributed by atoms with Gasteiger partial charge in [0.2, 0.25) is 5.91 Å². The van der Waals surface area contributed by atoms with E-state index in [1.807, 2.05) is 6.08 Å². The van der Waals surface area contributed by atoms with Gasteiger partial charge in [0.1, 0.15) is 6.61 Å². The Hall–Kier alpha value is -0.970. The molecule has 0 aromatic rings. The average Bonchev–Trinajstić information content (AvgIpc) is 2.71. The molecule has 0 atom stereocenters. The molecule has 0 N–H and O–H groups in total. The molecule has 2 amide bonds. The highest BCUT2D eigenvalue weighted by Gasteiger charge is 2.40. The van der Waals surface area contributed by atoms with E-state index in [1.54, 1.807) is 11.8 Å². The van der Waals surface area contributed by atoms with E-state index in [0.29, 0.717) is 19.6 Å². The van der Waals surface area contributed by atoms with E-state index in [2.05, 4.69) is 20.4 Å². The van der Waals surface area contributed by atoms with Crippen molar-refractivity contribution >= 4 is 23.8 Å². The SMILES string of the molecule is C=CC1(CC(=O)N2CCOC2=O)CSC1.CCC. The first kappa shape index (κ1) is 15.1. The van der Waals surface area contributed by atoms with Crippen LogP contribution in [0.5, 0.6) is 0 Å². The lowest BCUT2D eigenvalue weighted by Gasteiger charge is -2.38. The third kappa shape index (κ3) is 3.51. The van der Waals surface area contributed by atoms with Crippen LogP contribution < -0.4 is 0 Å². The van der Waals surface area contributed by atoms with Gasteiger partial charge in [-0.2, -0.15) is 11.8 Å². The first-order valence-electron chi connectivity index (χ1n) is 6.27. The number of rotatable bonds is 3. The number of amides is 2. The van der Waals surface area contributed by atoms with Gasteiger partial charge in [-0.05, 0) is 0 Å². The van der Waals surface area contributed by atoms with Crippen molar-refractivity contribution in [2.45, 2.75) is 26.7 Å². The molecular weight excluding hydrogens is 250 g/mol. The van der Waals surface area contributed by atoms with Gasteiger partial charge in [0.15, 0.2) is 0 Å². The molecule has 0 aromatic heterocycles. The van der Waals surface area contributed by atoms with Gasteiger partial charge in [-0.1, -0.05) is 26.3 Å². The zero-order chi connectivity index (χ0) is 13.6. The van der Waals surface area contributed by atoms with Crippen molar-refractivity contribution in [3.8, 4) is 0 Å². The number of nitrogens with zero attached hydrogens (tertiary/aromatic N) is 1. The fourth-order valence-corrected chi connectivity index (χ4v) is 2.84. The zero-order valence-corrected chi connectivity index (χ0v) is 11.9. The number of allylic oxidation sites excluding steroid dienone is 1. The Kier molecular flexibility index (Phi) is 5.72. The van der Waals surface area contributed by atoms with Crippen LogP contribution in [0.3, 0.4) is 0 Å². The first-order chi connectivity index (χ1) is 8.58. The van der Waals surface area contributed by atoms with Crippen LogP contribution in [0.15, 0.2) is 12.7 Å². The van der Waals surface area contributed by atoms with E-state index >= 15 is 0 Å². The van der Waals surface area contributed by atoms with Crippen LogP contribution >= 0.6 is 11.8 Å². The average molecular weight is 271 g/mol. The maximum absolute atomic E-state index is 11.8. The Morgan fingerprint density at radius 2 is 2.17 bits per heavy atom. The molecule has 102 valence electrons.